The van der Waals surface area contributed by atoms with Crippen molar-refractivity contribution in [1.29, 1.82) is 0 Å². The molecule has 0 atom stereocenters. The van der Waals surface area contributed by atoms with Gasteiger partial charge in [0, 0.05) is 45.0 Å². The van der Waals surface area contributed by atoms with Crippen LogP contribution in [0.3, 0.4) is 0 Å². The lowest BCUT2D eigenvalue weighted by molar-refractivity contribution is -0.396. The van der Waals surface area contributed by atoms with Crippen molar-refractivity contribution >= 4 is 29.7 Å². The second kappa shape index (κ2) is 26.2. The number of non-ortho nitro benzene ring substituents is 1. The summed E-state index contributed by atoms with van der Waals surface area (Å²) in [7, 11) is 2.90. The lowest BCUT2D eigenvalue weighted by atomic mass is 10.2. The Hall–Kier alpha value is -5.58. The summed E-state index contributed by atoms with van der Waals surface area (Å²) in [6.45, 7) is 2.78. The highest BCUT2D eigenvalue weighted by atomic mass is 16.7. The third kappa shape index (κ3) is 18.5. The molecule has 294 valence electrons. The van der Waals surface area contributed by atoms with E-state index >= 15 is 0 Å². The van der Waals surface area contributed by atoms with Gasteiger partial charge in [0.1, 0.15) is 24.8 Å². The first-order valence-electron chi connectivity index (χ1n) is 16.4. The molecule has 1 fully saturated rings. The van der Waals surface area contributed by atoms with Crippen molar-refractivity contribution in [3.8, 4) is 5.75 Å². The molecule has 4 rings (SSSR count). The molecule has 22 nitrogen and oxygen atoms in total. The SMILES string of the molecule is C1CCOC1.Cn1c(COC(=O)CCCCCO)cnc1[N+](=O)[O-].Cn1c(COC(=O)Oc2ccc([N+](=O)[O-])cc2)cnc1[N+](=O)[O-].NCCCCO. The van der Waals surface area contributed by atoms with Crippen LogP contribution in [0.25, 0.3) is 0 Å². The van der Waals surface area contributed by atoms with Gasteiger partial charge in [-0.05, 0) is 67.0 Å². The quantitative estimate of drug-likeness (QED) is 0.0620. The fourth-order valence-corrected chi connectivity index (χ4v) is 3.92. The first-order valence-corrected chi connectivity index (χ1v) is 16.4. The minimum atomic E-state index is -1.05. The average Bonchev–Trinajstić information content (AvgIpc) is 3.91. The number of imidazole rings is 2. The van der Waals surface area contributed by atoms with E-state index in [2.05, 4.69) is 9.97 Å². The molecule has 1 aliphatic heterocycles. The number of nitrogens with two attached hydrogens (primary N) is 1. The van der Waals surface area contributed by atoms with Crippen molar-refractivity contribution in [2.75, 3.05) is 33.0 Å². The Morgan fingerprint density at radius 1 is 0.792 bits per heavy atom. The van der Waals surface area contributed by atoms with Crippen LogP contribution in [0.15, 0.2) is 36.7 Å². The number of nitrogens with zero attached hydrogens (tertiary/aromatic N) is 7. The van der Waals surface area contributed by atoms with Crippen molar-refractivity contribution in [2.45, 2.75) is 64.6 Å². The zero-order valence-electron chi connectivity index (χ0n) is 29.6. The van der Waals surface area contributed by atoms with Crippen LogP contribution >= 0.6 is 0 Å². The number of nitro benzene ring substituents is 1. The number of aliphatic hydroxyl groups excluding tert-OH is 2. The third-order valence-corrected chi connectivity index (χ3v) is 6.89. The summed E-state index contributed by atoms with van der Waals surface area (Å²) >= 11 is 0. The van der Waals surface area contributed by atoms with Crippen LogP contribution in [0.4, 0.5) is 22.4 Å². The standard InChI is InChI=1S/C12H10N4O7.C11H17N3O5.C4H11NO.C4H8O/c1-14-9(6-13-11(14)16(20)21)7-22-12(17)23-10-4-2-8(3-5-10)15(18)19;1-13-9(7-12-11(13)14(17)18)8-19-10(16)5-3-2-4-6-15;5-3-1-2-4-6;1-2-4-5-3-1/h2-6H,7H2,1H3;7,15H,2-6,8H2,1H3;6H,1-5H2;1-4H2. The van der Waals surface area contributed by atoms with Crippen LogP contribution in [0.2, 0.25) is 0 Å². The fourth-order valence-electron chi connectivity index (χ4n) is 3.92. The fraction of sp³-hybridized carbons (Fsp3) is 0.548. The zero-order chi connectivity index (χ0) is 39.6. The maximum Gasteiger partial charge on any atom is 0.514 e. The number of carbonyl (C=O) groups is 2. The largest absolute Gasteiger partial charge is 0.514 e. The molecule has 0 amide bonds. The summed E-state index contributed by atoms with van der Waals surface area (Å²) in [5.41, 5.74) is 5.73. The van der Waals surface area contributed by atoms with Gasteiger partial charge in [0.05, 0.1) is 19.0 Å². The van der Waals surface area contributed by atoms with Gasteiger partial charge in [-0.1, -0.05) is 16.4 Å². The minimum Gasteiger partial charge on any atom is -0.458 e. The molecule has 0 aliphatic carbocycles. The Labute approximate surface area is 303 Å². The summed E-state index contributed by atoms with van der Waals surface area (Å²) < 4.78 is 22.0. The molecule has 0 radical (unpaired) electrons. The lowest BCUT2D eigenvalue weighted by Crippen LogP contribution is -2.12. The highest BCUT2D eigenvalue weighted by Crippen LogP contribution is 2.18. The Morgan fingerprint density at radius 2 is 1.30 bits per heavy atom. The van der Waals surface area contributed by atoms with Crippen LogP contribution in [-0.2, 0) is 46.3 Å². The second-order valence-electron chi connectivity index (χ2n) is 10.9. The van der Waals surface area contributed by atoms with Gasteiger partial charge in [-0.15, -0.1) is 0 Å². The third-order valence-electron chi connectivity index (χ3n) is 6.89. The molecule has 2 aromatic heterocycles. The number of aromatic nitrogens is 4. The smallest absolute Gasteiger partial charge is 0.458 e. The van der Waals surface area contributed by atoms with E-state index < -0.39 is 20.9 Å². The van der Waals surface area contributed by atoms with Gasteiger partial charge in [0.2, 0.25) is 0 Å². The number of hydrogen-bond acceptors (Lipinski definition) is 17. The topological polar surface area (TPSA) is 303 Å². The summed E-state index contributed by atoms with van der Waals surface area (Å²) in [5.74, 6) is -0.959. The first-order chi connectivity index (χ1) is 25.4. The molecular weight excluding hydrogens is 708 g/mol. The molecule has 1 aromatic carbocycles. The molecule has 0 spiro atoms. The normalized spacial score (nSPS) is 11.4. The molecular formula is C31H46N8O14. The number of nitro groups is 3. The molecule has 53 heavy (non-hydrogen) atoms. The summed E-state index contributed by atoms with van der Waals surface area (Å²) in [6.07, 6.45) is 8.18. The number of esters is 1. The molecule has 0 bridgehead atoms. The van der Waals surface area contributed by atoms with Gasteiger partial charge < -0.3 is 55.1 Å². The first kappa shape index (κ1) is 45.4. The van der Waals surface area contributed by atoms with Crippen LogP contribution in [-0.4, -0.2) is 89.2 Å². The van der Waals surface area contributed by atoms with Crippen LogP contribution in [0.1, 0.15) is 62.8 Å². The molecule has 1 aliphatic rings. The number of unbranched alkanes of at least 4 members (excludes halogenated alkanes) is 3. The van der Waals surface area contributed by atoms with E-state index in [1.807, 2.05) is 0 Å². The number of rotatable bonds is 16. The van der Waals surface area contributed by atoms with Crippen LogP contribution in [0.5, 0.6) is 5.75 Å². The van der Waals surface area contributed by atoms with Gasteiger partial charge in [0.25, 0.3) is 5.69 Å². The van der Waals surface area contributed by atoms with Crippen LogP contribution < -0.4 is 10.5 Å². The van der Waals surface area contributed by atoms with E-state index in [0.29, 0.717) is 30.8 Å². The number of carbonyl (C=O) groups excluding carboxylic acids is 2. The van der Waals surface area contributed by atoms with Crippen molar-refractivity contribution in [3.63, 3.8) is 0 Å². The monoisotopic (exact) mass is 754 g/mol. The highest BCUT2D eigenvalue weighted by Gasteiger charge is 2.20. The molecule has 22 heteroatoms. The molecule has 3 heterocycles. The Balaban J connectivity index is 0.000000416. The zero-order valence-corrected chi connectivity index (χ0v) is 29.6. The molecule has 0 unspecified atom stereocenters. The maximum absolute atomic E-state index is 11.5. The maximum atomic E-state index is 11.5. The van der Waals surface area contributed by atoms with Crippen molar-refractivity contribution in [2.24, 2.45) is 19.8 Å². The van der Waals surface area contributed by atoms with E-state index in [1.165, 1.54) is 72.7 Å². The second-order valence-corrected chi connectivity index (χ2v) is 10.9. The Kier molecular flexibility index (Phi) is 22.5. The highest BCUT2D eigenvalue weighted by molar-refractivity contribution is 5.69. The van der Waals surface area contributed by atoms with E-state index in [-0.39, 0.29) is 62.2 Å². The van der Waals surface area contributed by atoms with Gasteiger partial charge in [-0.2, -0.15) is 0 Å². The summed E-state index contributed by atoms with van der Waals surface area (Å²) in [6, 6.07) is 4.84. The average molecular weight is 755 g/mol. The van der Waals surface area contributed by atoms with E-state index in [0.717, 1.165) is 32.5 Å². The molecule has 3 aromatic rings. The van der Waals surface area contributed by atoms with Crippen molar-refractivity contribution in [1.82, 2.24) is 19.1 Å². The van der Waals surface area contributed by atoms with Crippen molar-refractivity contribution in [3.05, 3.63) is 78.4 Å². The van der Waals surface area contributed by atoms with Gasteiger partial charge >= 0.3 is 24.0 Å². The van der Waals surface area contributed by atoms with E-state index in [1.54, 1.807) is 0 Å². The molecule has 0 saturated carbocycles. The predicted molar refractivity (Wildman–Crippen MR) is 184 cm³/mol. The Morgan fingerprint density at radius 3 is 1.70 bits per heavy atom. The van der Waals surface area contributed by atoms with Gasteiger partial charge in [-0.25, -0.2) is 13.9 Å². The van der Waals surface area contributed by atoms with Crippen LogP contribution in [0, 0.1) is 30.3 Å². The van der Waals surface area contributed by atoms with Crippen molar-refractivity contribution < 1.29 is 53.5 Å². The van der Waals surface area contributed by atoms with Gasteiger partial charge in [-0.3, -0.25) is 14.9 Å². The Bertz CT molecular complexity index is 1550. The van der Waals surface area contributed by atoms with Gasteiger partial charge in [0.15, 0.2) is 18.0 Å². The number of benzene rings is 1. The molecule has 4 N–H and O–H groups in total. The van der Waals surface area contributed by atoms with E-state index in [4.69, 9.17) is 34.9 Å². The lowest BCUT2D eigenvalue weighted by Gasteiger charge is -2.05. The minimum absolute atomic E-state index is 0.0316. The number of hydrogen-bond donors (Lipinski definition) is 3. The summed E-state index contributed by atoms with van der Waals surface area (Å²) in [4.78, 5) is 59.9. The summed E-state index contributed by atoms with van der Waals surface area (Å²) in [5, 5.41) is 48.4. The predicted octanol–water partition coefficient (Wildman–Crippen LogP) is 3.39. The number of ether oxygens (including phenoxy) is 4. The molecule has 1 saturated heterocycles. The number of aliphatic hydroxyl groups is 2. The van der Waals surface area contributed by atoms with E-state index in [9.17, 15) is 39.9 Å².